The molecule has 114 valence electrons. The van der Waals surface area contributed by atoms with E-state index in [1.807, 2.05) is 11.6 Å². The molecule has 0 aliphatic carbocycles. The minimum absolute atomic E-state index is 0.298. The molecule has 0 spiro atoms. The molecule has 2 rings (SSSR count). The third-order valence-corrected chi connectivity index (χ3v) is 4.83. The first-order chi connectivity index (χ1) is 10.3. The standard InChI is InChI=1S/C17H25N3S/c1-4-20(5-2)16(15-9-7-6-8-10-15)13-19-14(3)17-18-11-12-21-17/h6-12,14,16,19H,4-5,13H2,1-3H3. The molecule has 2 atom stereocenters. The highest BCUT2D eigenvalue weighted by Gasteiger charge is 2.19. The quantitative estimate of drug-likeness (QED) is 0.802. The zero-order valence-electron chi connectivity index (χ0n) is 13.1. The van der Waals surface area contributed by atoms with Crippen molar-refractivity contribution >= 4 is 11.3 Å². The first kappa shape index (κ1) is 16.1. The Balaban J connectivity index is 2.06. The van der Waals surface area contributed by atoms with Gasteiger partial charge in [0.15, 0.2) is 0 Å². The maximum atomic E-state index is 4.39. The molecule has 0 aliphatic rings. The molecule has 0 amide bonds. The molecule has 3 nitrogen and oxygen atoms in total. The van der Waals surface area contributed by atoms with E-state index in [0.717, 1.165) is 24.6 Å². The maximum absolute atomic E-state index is 4.39. The summed E-state index contributed by atoms with van der Waals surface area (Å²) in [6.45, 7) is 9.69. The van der Waals surface area contributed by atoms with Crippen LogP contribution in [0.15, 0.2) is 41.9 Å². The van der Waals surface area contributed by atoms with Crippen molar-refractivity contribution in [3.05, 3.63) is 52.5 Å². The lowest BCUT2D eigenvalue weighted by Gasteiger charge is -2.31. The lowest BCUT2D eigenvalue weighted by atomic mass is 10.0. The zero-order valence-corrected chi connectivity index (χ0v) is 13.9. The van der Waals surface area contributed by atoms with Crippen LogP contribution in [0.3, 0.4) is 0 Å². The van der Waals surface area contributed by atoms with Crippen LogP contribution in [0, 0.1) is 0 Å². The summed E-state index contributed by atoms with van der Waals surface area (Å²) in [4.78, 5) is 6.89. The SMILES string of the molecule is CCN(CC)C(CNC(C)c1nccs1)c1ccccc1. The van der Waals surface area contributed by atoms with Gasteiger partial charge in [-0.3, -0.25) is 4.90 Å². The molecule has 0 saturated heterocycles. The van der Waals surface area contributed by atoms with Crippen molar-refractivity contribution in [3.63, 3.8) is 0 Å². The first-order valence-electron chi connectivity index (χ1n) is 7.68. The third kappa shape index (κ3) is 4.37. The molecule has 1 aromatic carbocycles. The van der Waals surface area contributed by atoms with Crippen LogP contribution in [0.2, 0.25) is 0 Å². The van der Waals surface area contributed by atoms with Crippen LogP contribution in [-0.2, 0) is 0 Å². The van der Waals surface area contributed by atoms with Gasteiger partial charge in [-0.15, -0.1) is 11.3 Å². The Hall–Kier alpha value is -1.23. The molecule has 1 aromatic heterocycles. The molecule has 2 aromatic rings. The molecule has 0 radical (unpaired) electrons. The van der Waals surface area contributed by atoms with Gasteiger partial charge in [-0.25, -0.2) is 4.98 Å². The molecule has 1 N–H and O–H groups in total. The molecule has 0 fully saturated rings. The number of nitrogens with zero attached hydrogens (tertiary/aromatic N) is 2. The van der Waals surface area contributed by atoms with Gasteiger partial charge in [0.25, 0.3) is 0 Å². The Morgan fingerprint density at radius 2 is 1.90 bits per heavy atom. The van der Waals surface area contributed by atoms with Gasteiger partial charge in [0.05, 0.1) is 6.04 Å². The molecule has 0 bridgehead atoms. The molecule has 0 saturated carbocycles. The predicted molar refractivity (Wildman–Crippen MR) is 90.6 cm³/mol. The number of benzene rings is 1. The number of likely N-dealkylation sites (N-methyl/N-ethyl adjacent to an activating group) is 1. The van der Waals surface area contributed by atoms with Gasteiger partial charge in [0.2, 0.25) is 0 Å². The third-order valence-electron chi connectivity index (χ3n) is 3.88. The van der Waals surface area contributed by atoms with Crippen molar-refractivity contribution in [2.75, 3.05) is 19.6 Å². The van der Waals surface area contributed by atoms with E-state index < -0.39 is 0 Å². The molecule has 1 heterocycles. The summed E-state index contributed by atoms with van der Waals surface area (Å²) >= 11 is 1.71. The van der Waals surface area contributed by atoms with Gasteiger partial charge in [-0.2, -0.15) is 0 Å². The van der Waals surface area contributed by atoms with E-state index in [4.69, 9.17) is 0 Å². The molecule has 4 heteroatoms. The number of nitrogens with one attached hydrogen (secondary N) is 1. The van der Waals surface area contributed by atoms with Gasteiger partial charge in [0.1, 0.15) is 5.01 Å². The summed E-state index contributed by atoms with van der Waals surface area (Å²) in [6, 6.07) is 11.5. The Kier molecular flexibility index (Phi) is 6.36. The summed E-state index contributed by atoms with van der Waals surface area (Å²) in [5.41, 5.74) is 1.38. The molecule has 0 aliphatic heterocycles. The van der Waals surface area contributed by atoms with Gasteiger partial charge in [0, 0.05) is 24.2 Å². The normalized spacial score (nSPS) is 14.3. The Labute approximate surface area is 132 Å². The zero-order chi connectivity index (χ0) is 15.1. The second-order valence-electron chi connectivity index (χ2n) is 5.15. The lowest BCUT2D eigenvalue weighted by Crippen LogP contribution is -2.36. The van der Waals surface area contributed by atoms with Gasteiger partial charge in [-0.1, -0.05) is 44.2 Å². The average molecular weight is 303 g/mol. The average Bonchev–Trinajstić information content (AvgIpc) is 3.06. The molecular weight excluding hydrogens is 278 g/mol. The van der Waals surface area contributed by atoms with Crippen LogP contribution in [-0.4, -0.2) is 29.5 Å². The van der Waals surface area contributed by atoms with Crippen LogP contribution in [0.4, 0.5) is 0 Å². The van der Waals surface area contributed by atoms with Gasteiger partial charge < -0.3 is 5.32 Å². The minimum Gasteiger partial charge on any atom is -0.306 e. The number of thiazole rings is 1. The topological polar surface area (TPSA) is 28.2 Å². The van der Waals surface area contributed by atoms with Crippen LogP contribution in [0.1, 0.15) is 43.4 Å². The second kappa shape index (κ2) is 8.27. The summed E-state index contributed by atoms with van der Waals surface area (Å²) in [5.74, 6) is 0. The van der Waals surface area contributed by atoms with Crippen molar-refractivity contribution in [2.45, 2.75) is 32.9 Å². The second-order valence-corrected chi connectivity index (χ2v) is 6.07. The minimum atomic E-state index is 0.298. The highest BCUT2D eigenvalue weighted by atomic mass is 32.1. The number of aromatic nitrogens is 1. The summed E-state index contributed by atoms with van der Waals surface area (Å²) < 4.78 is 0. The Morgan fingerprint density at radius 3 is 2.48 bits per heavy atom. The molecule has 21 heavy (non-hydrogen) atoms. The summed E-state index contributed by atoms with van der Waals surface area (Å²) in [6.07, 6.45) is 1.87. The Morgan fingerprint density at radius 1 is 1.19 bits per heavy atom. The van der Waals surface area contributed by atoms with Crippen molar-refractivity contribution in [2.24, 2.45) is 0 Å². The van der Waals surface area contributed by atoms with Crippen LogP contribution in [0.5, 0.6) is 0 Å². The van der Waals surface area contributed by atoms with Crippen LogP contribution >= 0.6 is 11.3 Å². The van der Waals surface area contributed by atoms with Crippen LogP contribution in [0.25, 0.3) is 0 Å². The fourth-order valence-electron chi connectivity index (χ4n) is 2.62. The highest BCUT2D eigenvalue weighted by molar-refractivity contribution is 7.09. The predicted octanol–water partition coefficient (Wildman–Crippen LogP) is 3.88. The van der Waals surface area contributed by atoms with Crippen molar-refractivity contribution < 1.29 is 0 Å². The number of rotatable bonds is 8. The monoisotopic (exact) mass is 303 g/mol. The fourth-order valence-corrected chi connectivity index (χ4v) is 3.29. The number of hydrogen-bond acceptors (Lipinski definition) is 4. The first-order valence-corrected chi connectivity index (χ1v) is 8.56. The highest BCUT2D eigenvalue weighted by Crippen LogP contribution is 2.21. The van der Waals surface area contributed by atoms with Gasteiger partial charge in [-0.05, 0) is 25.6 Å². The van der Waals surface area contributed by atoms with Gasteiger partial charge >= 0.3 is 0 Å². The van der Waals surface area contributed by atoms with E-state index in [1.54, 1.807) is 11.3 Å². The van der Waals surface area contributed by atoms with E-state index in [1.165, 1.54) is 5.56 Å². The Bertz CT molecular complexity index is 494. The van der Waals surface area contributed by atoms with E-state index in [-0.39, 0.29) is 0 Å². The smallest absolute Gasteiger partial charge is 0.109 e. The van der Waals surface area contributed by atoms with Crippen molar-refractivity contribution in [1.29, 1.82) is 0 Å². The van der Waals surface area contributed by atoms with E-state index in [0.29, 0.717) is 12.1 Å². The number of hydrogen-bond donors (Lipinski definition) is 1. The van der Waals surface area contributed by atoms with Crippen molar-refractivity contribution in [3.8, 4) is 0 Å². The fraction of sp³-hybridized carbons (Fsp3) is 0.471. The summed E-state index contributed by atoms with van der Waals surface area (Å²) in [7, 11) is 0. The summed E-state index contributed by atoms with van der Waals surface area (Å²) in [5, 5.41) is 6.83. The van der Waals surface area contributed by atoms with Crippen LogP contribution < -0.4 is 5.32 Å². The van der Waals surface area contributed by atoms with E-state index in [9.17, 15) is 0 Å². The lowest BCUT2D eigenvalue weighted by molar-refractivity contribution is 0.209. The molecule has 2 unspecified atom stereocenters. The molecular formula is C17H25N3S. The van der Waals surface area contributed by atoms with E-state index >= 15 is 0 Å². The van der Waals surface area contributed by atoms with E-state index in [2.05, 4.69) is 66.3 Å². The maximum Gasteiger partial charge on any atom is 0.109 e. The largest absolute Gasteiger partial charge is 0.306 e. The van der Waals surface area contributed by atoms with Crippen molar-refractivity contribution in [1.82, 2.24) is 15.2 Å².